The second kappa shape index (κ2) is 7.71. The third-order valence-electron chi connectivity index (χ3n) is 2.94. The summed E-state index contributed by atoms with van der Waals surface area (Å²) >= 11 is 0. The lowest BCUT2D eigenvalue weighted by molar-refractivity contribution is 0.538. The smallest absolute Gasteiger partial charge is 0.240 e. The Morgan fingerprint density at radius 2 is 2.00 bits per heavy atom. The molecule has 0 unspecified atom stereocenters. The molecule has 0 bridgehead atoms. The standard InChI is InChI=1S/C14H23FN2O2S/c1-11(2)5-4-8-17-20(18,19)14-9-13(15)7-6-12(14)10-16-3/h6-7,9,11,16-17H,4-5,8,10H2,1-3H3. The minimum atomic E-state index is -3.66. The molecule has 6 heteroatoms. The average Bonchev–Trinajstić information content (AvgIpc) is 2.37. The van der Waals surface area contributed by atoms with Crippen molar-refractivity contribution >= 4 is 10.0 Å². The van der Waals surface area contributed by atoms with E-state index < -0.39 is 15.8 Å². The zero-order chi connectivity index (χ0) is 15.2. The summed E-state index contributed by atoms with van der Waals surface area (Å²) in [6, 6.07) is 3.83. The molecule has 1 rings (SSSR count). The lowest BCUT2D eigenvalue weighted by atomic mass is 10.1. The molecule has 20 heavy (non-hydrogen) atoms. The Morgan fingerprint density at radius 1 is 1.30 bits per heavy atom. The summed E-state index contributed by atoms with van der Waals surface area (Å²) in [7, 11) is -1.95. The predicted molar refractivity (Wildman–Crippen MR) is 78.4 cm³/mol. The largest absolute Gasteiger partial charge is 0.316 e. The third-order valence-corrected chi connectivity index (χ3v) is 4.48. The zero-order valence-electron chi connectivity index (χ0n) is 12.2. The van der Waals surface area contributed by atoms with Crippen molar-refractivity contribution < 1.29 is 12.8 Å². The topological polar surface area (TPSA) is 58.2 Å². The van der Waals surface area contributed by atoms with Crippen LogP contribution in [-0.4, -0.2) is 22.0 Å². The van der Waals surface area contributed by atoms with Gasteiger partial charge >= 0.3 is 0 Å². The molecule has 0 aliphatic rings. The molecule has 0 saturated carbocycles. The molecule has 0 heterocycles. The van der Waals surface area contributed by atoms with Gasteiger partial charge in [-0.3, -0.25) is 0 Å². The molecule has 0 radical (unpaired) electrons. The Labute approximate surface area is 120 Å². The van der Waals surface area contributed by atoms with Crippen LogP contribution in [0.5, 0.6) is 0 Å². The molecule has 2 N–H and O–H groups in total. The zero-order valence-corrected chi connectivity index (χ0v) is 13.1. The van der Waals surface area contributed by atoms with Gasteiger partial charge in [0, 0.05) is 13.1 Å². The molecule has 4 nitrogen and oxygen atoms in total. The maximum absolute atomic E-state index is 13.3. The SMILES string of the molecule is CNCc1ccc(F)cc1S(=O)(=O)NCCCC(C)C. The second-order valence-corrected chi connectivity index (χ2v) is 6.95. The van der Waals surface area contributed by atoms with Gasteiger partial charge in [0.15, 0.2) is 0 Å². The van der Waals surface area contributed by atoms with Crippen molar-refractivity contribution in [2.24, 2.45) is 5.92 Å². The van der Waals surface area contributed by atoms with Crippen molar-refractivity contribution in [3.8, 4) is 0 Å². The average molecular weight is 302 g/mol. The normalized spacial score (nSPS) is 12.1. The van der Waals surface area contributed by atoms with E-state index >= 15 is 0 Å². The van der Waals surface area contributed by atoms with Crippen LogP contribution in [0, 0.1) is 11.7 Å². The molecule has 0 saturated heterocycles. The Kier molecular flexibility index (Phi) is 6.58. The molecule has 114 valence electrons. The van der Waals surface area contributed by atoms with E-state index in [0.29, 0.717) is 24.6 Å². The number of nitrogens with one attached hydrogen (secondary N) is 2. The lowest BCUT2D eigenvalue weighted by Gasteiger charge is -2.12. The summed E-state index contributed by atoms with van der Waals surface area (Å²) in [5, 5.41) is 2.88. The van der Waals surface area contributed by atoms with Crippen molar-refractivity contribution in [2.75, 3.05) is 13.6 Å². The molecular weight excluding hydrogens is 279 g/mol. The number of sulfonamides is 1. The number of hydrogen-bond acceptors (Lipinski definition) is 3. The van der Waals surface area contributed by atoms with Gasteiger partial charge < -0.3 is 5.32 Å². The van der Waals surface area contributed by atoms with E-state index in [4.69, 9.17) is 0 Å². The van der Waals surface area contributed by atoms with Crippen LogP contribution < -0.4 is 10.0 Å². The van der Waals surface area contributed by atoms with Crippen LogP contribution in [0.25, 0.3) is 0 Å². The van der Waals surface area contributed by atoms with E-state index in [1.165, 1.54) is 12.1 Å². The minimum Gasteiger partial charge on any atom is -0.316 e. The van der Waals surface area contributed by atoms with Crippen LogP contribution in [0.2, 0.25) is 0 Å². The molecule has 1 aromatic carbocycles. The summed E-state index contributed by atoms with van der Waals surface area (Å²) in [6.07, 6.45) is 1.72. The van der Waals surface area contributed by atoms with Gasteiger partial charge in [0.2, 0.25) is 10.0 Å². The highest BCUT2D eigenvalue weighted by Crippen LogP contribution is 2.17. The summed E-state index contributed by atoms with van der Waals surface area (Å²) in [5.41, 5.74) is 0.560. The van der Waals surface area contributed by atoms with Gasteiger partial charge in [-0.05, 0) is 43.5 Å². The van der Waals surface area contributed by atoms with Crippen molar-refractivity contribution in [3.63, 3.8) is 0 Å². The molecule has 0 aliphatic carbocycles. The van der Waals surface area contributed by atoms with Gasteiger partial charge in [0.05, 0.1) is 4.90 Å². The molecular formula is C14H23FN2O2S. The maximum Gasteiger partial charge on any atom is 0.240 e. The van der Waals surface area contributed by atoms with Gasteiger partial charge in [-0.1, -0.05) is 19.9 Å². The first kappa shape index (κ1) is 17.1. The molecule has 0 amide bonds. The van der Waals surface area contributed by atoms with Gasteiger partial charge in [-0.15, -0.1) is 0 Å². The first-order valence-corrected chi connectivity index (χ1v) is 8.28. The van der Waals surface area contributed by atoms with Crippen LogP contribution in [0.4, 0.5) is 4.39 Å². The number of rotatable bonds is 8. The molecule has 0 aliphatic heterocycles. The quantitative estimate of drug-likeness (QED) is 0.724. The Bertz CT molecular complexity index is 530. The minimum absolute atomic E-state index is 0.0106. The first-order valence-electron chi connectivity index (χ1n) is 6.79. The third kappa shape index (κ3) is 5.19. The molecule has 1 aromatic rings. The van der Waals surface area contributed by atoms with Crippen LogP contribution in [0.1, 0.15) is 32.3 Å². The van der Waals surface area contributed by atoms with Crippen molar-refractivity contribution in [1.29, 1.82) is 0 Å². The molecule has 0 aromatic heterocycles. The van der Waals surface area contributed by atoms with Gasteiger partial charge in [-0.2, -0.15) is 0 Å². The molecule has 0 spiro atoms. The molecule has 0 fully saturated rings. The summed E-state index contributed by atoms with van der Waals surface area (Å²) in [6.45, 7) is 4.93. The fraction of sp³-hybridized carbons (Fsp3) is 0.571. The van der Waals surface area contributed by atoms with Crippen LogP contribution in [0.3, 0.4) is 0 Å². The number of halogens is 1. The predicted octanol–water partition coefficient (Wildman–Crippen LogP) is 2.26. The molecule has 0 atom stereocenters. The highest BCUT2D eigenvalue weighted by molar-refractivity contribution is 7.89. The van der Waals surface area contributed by atoms with Crippen molar-refractivity contribution in [2.45, 2.75) is 38.1 Å². The van der Waals surface area contributed by atoms with E-state index in [1.807, 2.05) is 0 Å². The number of benzene rings is 1. The highest BCUT2D eigenvalue weighted by Gasteiger charge is 2.18. The van der Waals surface area contributed by atoms with Crippen molar-refractivity contribution in [1.82, 2.24) is 10.0 Å². The Balaban J connectivity index is 2.83. The monoisotopic (exact) mass is 302 g/mol. The van der Waals surface area contributed by atoms with Crippen LogP contribution in [-0.2, 0) is 16.6 Å². The Morgan fingerprint density at radius 3 is 2.60 bits per heavy atom. The van der Waals surface area contributed by atoms with E-state index in [2.05, 4.69) is 23.9 Å². The van der Waals surface area contributed by atoms with Gasteiger partial charge in [-0.25, -0.2) is 17.5 Å². The van der Waals surface area contributed by atoms with Crippen molar-refractivity contribution in [3.05, 3.63) is 29.6 Å². The number of hydrogen-bond donors (Lipinski definition) is 2. The highest BCUT2D eigenvalue weighted by atomic mass is 32.2. The lowest BCUT2D eigenvalue weighted by Crippen LogP contribution is -2.27. The van der Waals surface area contributed by atoms with Crippen LogP contribution in [0.15, 0.2) is 23.1 Å². The fourth-order valence-corrected chi connectivity index (χ4v) is 3.23. The van der Waals surface area contributed by atoms with E-state index in [1.54, 1.807) is 7.05 Å². The van der Waals surface area contributed by atoms with Gasteiger partial charge in [0.25, 0.3) is 0 Å². The maximum atomic E-state index is 13.3. The second-order valence-electron chi connectivity index (χ2n) is 5.22. The van der Waals surface area contributed by atoms with Crippen LogP contribution >= 0.6 is 0 Å². The first-order chi connectivity index (χ1) is 9.36. The van der Waals surface area contributed by atoms with E-state index in [-0.39, 0.29) is 4.90 Å². The Hall–Kier alpha value is -0.980. The summed E-state index contributed by atoms with van der Waals surface area (Å²) in [4.78, 5) is 0.0106. The van der Waals surface area contributed by atoms with E-state index in [0.717, 1.165) is 18.9 Å². The summed E-state index contributed by atoms with van der Waals surface area (Å²) in [5.74, 6) is -0.0130. The van der Waals surface area contributed by atoms with E-state index in [9.17, 15) is 12.8 Å². The fourth-order valence-electron chi connectivity index (χ4n) is 1.91. The summed E-state index contributed by atoms with van der Waals surface area (Å²) < 4.78 is 40.3. The van der Waals surface area contributed by atoms with Gasteiger partial charge in [0.1, 0.15) is 5.82 Å².